The molecule has 0 spiro atoms. The van der Waals surface area contributed by atoms with Crippen molar-refractivity contribution in [1.29, 1.82) is 0 Å². The fourth-order valence-corrected chi connectivity index (χ4v) is 5.20. The van der Waals surface area contributed by atoms with E-state index in [4.69, 9.17) is 0 Å². The quantitative estimate of drug-likeness (QED) is 0.256. The molecule has 0 radical (unpaired) electrons. The van der Waals surface area contributed by atoms with Crippen molar-refractivity contribution in [2.45, 2.75) is 19.3 Å². The van der Waals surface area contributed by atoms with E-state index in [-0.39, 0.29) is 5.41 Å². The van der Waals surface area contributed by atoms with Gasteiger partial charge in [-0.2, -0.15) is 0 Å². The van der Waals surface area contributed by atoms with Crippen LogP contribution < -0.4 is 0 Å². The van der Waals surface area contributed by atoms with Crippen molar-refractivity contribution in [3.63, 3.8) is 0 Å². The minimum Gasteiger partial charge on any atom is -0.0616 e. The smallest absolute Gasteiger partial charge is 0.0165 e. The second-order valence-electron chi connectivity index (χ2n) is 8.21. The first-order valence-electron chi connectivity index (χ1n) is 9.64. The van der Waals surface area contributed by atoms with Crippen LogP contribution in [0.3, 0.4) is 0 Å². The lowest BCUT2D eigenvalue weighted by Crippen LogP contribution is -2.24. The van der Waals surface area contributed by atoms with Gasteiger partial charge in [-0.05, 0) is 60.6 Å². The van der Waals surface area contributed by atoms with E-state index in [2.05, 4.69) is 98.8 Å². The summed E-state index contributed by atoms with van der Waals surface area (Å²) in [4.78, 5) is 0. The Bertz CT molecular complexity index is 1390. The average Bonchev–Trinajstić information content (AvgIpc) is 2.71. The van der Waals surface area contributed by atoms with Crippen LogP contribution in [0.5, 0.6) is 0 Å². The van der Waals surface area contributed by atoms with Crippen LogP contribution in [0.1, 0.15) is 25.0 Å². The van der Waals surface area contributed by atoms with E-state index in [1.165, 1.54) is 54.6 Å². The first kappa shape index (κ1) is 15.0. The van der Waals surface area contributed by atoms with Gasteiger partial charge in [0.15, 0.2) is 0 Å². The normalized spacial score (nSPS) is 14.6. The molecule has 6 rings (SSSR count). The van der Waals surface area contributed by atoms with Gasteiger partial charge in [0.2, 0.25) is 0 Å². The van der Waals surface area contributed by atoms with E-state index in [0.29, 0.717) is 0 Å². The summed E-state index contributed by atoms with van der Waals surface area (Å²) in [6.45, 7) is 4.76. The Morgan fingerprint density at radius 2 is 1.26 bits per heavy atom. The van der Waals surface area contributed by atoms with Crippen molar-refractivity contribution >= 4 is 32.3 Å². The third kappa shape index (κ3) is 1.83. The maximum absolute atomic E-state index is 2.39. The van der Waals surface area contributed by atoms with Crippen LogP contribution in [0.4, 0.5) is 0 Å². The molecule has 128 valence electrons. The van der Waals surface area contributed by atoms with Gasteiger partial charge in [-0.15, -0.1) is 0 Å². The van der Waals surface area contributed by atoms with Crippen LogP contribution in [-0.2, 0) is 5.41 Å². The van der Waals surface area contributed by atoms with Crippen LogP contribution in [0, 0.1) is 0 Å². The predicted octanol–water partition coefficient (Wildman–Crippen LogP) is 7.45. The zero-order chi connectivity index (χ0) is 18.2. The molecule has 0 nitrogen and oxygen atoms in total. The zero-order valence-electron chi connectivity index (χ0n) is 15.6. The number of rotatable bonds is 0. The fourth-order valence-electron chi connectivity index (χ4n) is 5.20. The van der Waals surface area contributed by atoms with Crippen LogP contribution >= 0.6 is 0 Å². The lowest BCUT2D eigenvalue weighted by atomic mass is 9.66. The van der Waals surface area contributed by atoms with Crippen molar-refractivity contribution < 1.29 is 0 Å². The summed E-state index contributed by atoms with van der Waals surface area (Å²) in [5.74, 6) is 0. The van der Waals surface area contributed by atoms with E-state index in [1.54, 1.807) is 0 Å². The lowest BCUT2D eigenvalue weighted by molar-refractivity contribution is 0.651. The van der Waals surface area contributed by atoms with Gasteiger partial charge in [-0.3, -0.25) is 0 Å². The van der Waals surface area contributed by atoms with Gasteiger partial charge in [0.25, 0.3) is 0 Å². The van der Waals surface area contributed by atoms with Gasteiger partial charge in [0, 0.05) is 5.41 Å². The number of benzene rings is 5. The van der Waals surface area contributed by atoms with E-state index in [9.17, 15) is 0 Å². The van der Waals surface area contributed by atoms with Crippen LogP contribution in [0.15, 0.2) is 84.9 Å². The standard InChI is InChI=1S/C27H20/c1-27(2)24-13-7-12-21-19-10-5-4-9-18(19)16-23(25(21)24)22-15-14-17-8-3-6-11-20(17)26(22)27/h3-16H,1-2H3. The van der Waals surface area contributed by atoms with E-state index in [0.717, 1.165) is 0 Å². The van der Waals surface area contributed by atoms with Crippen LogP contribution in [0.25, 0.3) is 43.4 Å². The molecular formula is C27H20. The summed E-state index contributed by atoms with van der Waals surface area (Å²) < 4.78 is 0. The maximum Gasteiger partial charge on any atom is 0.0165 e. The van der Waals surface area contributed by atoms with Crippen molar-refractivity contribution in [1.82, 2.24) is 0 Å². The molecular weight excluding hydrogens is 324 g/mol. The maximum atomic E-state index is 2.39. The Labute approximate surface area is 159 Å². The molecule has 0 fully saturated rings. The monoisotopic (exact) mass is 344 g/mol. The lowest BCUT2D eigenvalue weighted by Gasteiger charge is -2.36. The zero-order valence-corrected chi connectivity index (χ0v) is 15.6. The van der Waals surface area contributed by atoms with Gasteiger partial charge in [0.1, 0.15) is 0 Å². The Hall–Kier alpha value is -3.12. The van der Waals surface area contributed by atoms with Crippen molar-refractivity contribution in [2.75, 3.05) is 0 Å². The minimum atomic E-state index is -0.0365. The first-order chi connectivity index (χ1) is 13.2. The highest BCUT2D eigenvalue weighted by atomic mass is 14.4. The predicted molar refractivity (Wildman–Crippen MR) is 117 cm³/mol. The van der Waals surface area contributed by atoms with Crippen molar-refractivity contribution in [3.05, 3.63) is 96.1 Å². The molecule has 0 saturated heterocycles. The number of hydrogen-bond acceptors (Lipinski definition) is 0. The molecule has 0 aromatic heterocycles. The van der Waals surface area contributed by atoms with Crippen molar-refractivity contribution in [3.8, 4) is 11.1 Å². The van der Waals surface area contributed by atoms with Gasteiger partial charge in [-0.1, -0.05) is 92.7 Å². The first-order valence-corrected chi connectivity index (χ1v) is 9.64. The van der Waals surface area contributed by atoms with Gasteiger partial charge in [-0.25, -0.2) is 0 Å². The Morgan fingerprint density at radius 1 is 0.556 bits per heavy atom. The highest BCUT2D eigenvalue weighted by Gasteiger charge is 2.35. The summed E-state index contributed by atoms with van der Waals surface area (Å²) >= 11 is 0. The molecule has 1 aliphatic rings. The Morgan fingerprint density at radius 3 is 2.11 bits per heavy atom. The minimum absolute atomic E-state index is 0.0365. The Balaban J connectivity index is 1.91. The van der Waals surface area contributed by atoms with Gasteiger partial charge < -0.3 is 0 Å². The van der Waals surface area contributed by atoms with Crippen LogP contribution in [0.2, 0.25) is 0 Å². The third-order valence-electron chi connectivity index (χ3n) is 6.40. The third-order valence-corrected chi connectivity index (χ3v) is 6.40. The summed E-state index contributed by atoms with van der Waals surface area (Å²) in [6.07, 6.45) is 0. The average molecular weight is 344 g/mol. The van der Waals surface area contributed by atoms with Gasteiger partial charge in [0.05, 0.1) is 0 Å². The summed E-state index contributed by atoms with van der Waals surface area (Å²) in [5.41, 5.74) is 5.61. The SMILES string of the molecule is CC1(C)c2c(ccc3ccccc23)-c2cc3ccccc3c3cccc1c23. The second kappa shape index (κ2) is 4.98. The number of fused-ring (bicyclic) bond motifs is 6. The number of hydrogen-bond donors (Lipinski definition) is 0. The van der Waals surface area contributed by atoms with E-state index in [1.807, 2.05) is 0 Å². The summed E-state index contributed by atoms with van der Waals surface area (Å²) in [5, 5.41) is 8.14. The molecule has 0 amide bonds. The van der Waals surface area contributed by atoms with Crippen LogP contribution in [-0.4, -0.2) is 0 Å². The molecule has 0 unspecified atom stereocenters. The molecule has 1 aliphatic carbocycles. The summed E-state index contributed by atoms with van der Waals surface area (Å²) in [6, 6.07) is 31.4. The molecule has 0 aliphatic heterocycles. The van der Waals surface area contributed by atoms with E-state index >= 15 is 0 Å². The second-order valence-corrected chi connectivity index (χ2v) is 8.21. The molecule has 0 heteroatoms. The highest BCUT2D eigenvalue weighted by Crippen LogP contribution is 2.52. The molecule has 0 atom stereocenters. The topological polar surface area (TPSA) is 0 Å². The van der Waals surface area contributed by atoms with Gasteiger partial charge >= 0.3 is 0 Å². The molecule has 0 saturated carbocycles. The highest BCUT2D eigenvalue weighted by molar-refractivity contribution is 6.17. The molecule has 5 aromatic carbocycles. The van der Waals surface area contributed by atoms with E-state index < -0.39 is 0 Å². The fraction of sp³-hybridized carbons (Fsp3) is 0.111. The molecule has 0 heterocycles. The summed E-state index contributed by atoms with van der Waals surface area (Å²) in [7, 11) is 0. The van der Waals surface area contributed by atoms with Crippen molar-refractivity contribution in [2.24, 2.45) is 0 Å². The largest absolute Gasteiger partial charge is 0.0616 e. The molecule has 27 heavy (non-hydrogen) atoms. The molecule has 5 aromatic rings. The molecule has 0 N–H and O–H groups in total. The molecule has 0 bridgehead atoms. The Kier molecular flexibility index (Phi) is 2.77.